The third-order valence-electron chi connectivity index (χ3n) is 4.47. The van der Waals surface area contributed by atoms with Crippen LogP contribution in [-0.4, -0.2) is 0 Å². The maximum atomic E-state index is 2.33. The molecule has 0 radical (unpaired) electrons. The van der Waals surface area contributed by atoms with E-state index in [9.17, 15) is 0 Å². The Morgan fingerprint density at radius 2 is 1.12 bits per heavy atom. The molecule has 134 valence electrons. The van der Waals surface area contributed by atoms with Crippen LogP contribution in [0.4, 0.5) is 0 Å². The van der Waals surface area contributed by atoms with E-state index in [1.807, 2.05) is 41.5 Å². The zero-order valence-corrected chi connectivity index (χ0v) is 17.3. The predicted molar refractivity (Wildman–Crippen MR) is 116 cm³/mol. The third kappa shape index (κ3) is 3.63. The number of fused-ring (bicyclic) bond motifs is 5. The third-order valence-corrected chi connectivity index (χ3v) is 4.47. The van der Waals surface area contributed by atoms with Gasteiger partial charge in [0.2, 0.25) is 0 Å². The molecular formula is C25H34. The molecule has 0 amide bonds. The highest BCUT2D eigenvalue weighted by Crippen LogP contribution is 2.50. The Morgan fingerprint density at radius 1 is 0.560 bits per heavy atom. The van der Waals surface area contributed by atoms with Crippen LogP contribution in [0.2, 0.25) is 0 Å². The van der Waals surface area contributed by atoms with Crippen LogP contribution in [0.15, 0.2) is 60.7 Å². The van der Waals surface area contributed by atoms with Crippen molar-refractivity contribution in [1.29, 1.82) is 0 Å². The van der Waals surface area contributed by atoms with Gasteiger partial charge < -0.3 is 0 Å². The highest BCUT2D eigenvalue weighted by molar-refractivity contribution is 6.02. The SMILES string of the molecule is CC.CC.CC.CC1(C)c2ccccc2-c2c1ccc1ccccc21. The first-order valence-corrected chi connectivity index (χ1v) is 9.82. The van der Waals surface area contributed by atoms with Crippen molar-refractivity contribution in [2.75, 3.05) is 0 Å². The summed E-state index contributed by atoms with van der Waals surface area (Å²) in [4.78, 5) is 0. The van der Waals surface area contributed by atoms with E-state index in [-0.39, 0.29) is 5.41 Å². The maximum Gasteiger partial charge on any atom is 0.0159 e. The molecule has 4 rings (SSSR count). The van der Waals surface area contributed by atoms with Crippen LogP contribution < -0.4 is 0 Å². The van der Waals surface area contributed by atoms with Crippen LogP contribution in [0.5, 0.6) is 0 Å². The lowest BCUT2D eigenvalue weighted by Gasteiger charge is -2.21. The molecule has 0 bridgehead atoms. The molecule has 3 aromatic rings. The lowest BCUT2D eigenvalue weighted by molar-refractivity contribution is 0.661. The van der Waals surface area contributed by atoms with Gasteiger partial charge in [-0.2, -0.15) is 0 Å². The van der Waals surface area contributed by atoms with E-state index in [4.69, 9.17) is 0 Å². The molecule has 0 saturated carbocycles. The fourth-order valence-electron chi connectivity index (χ4n) is 3.47. The molecule has 0 heterocycles. The van der Waals surface area contributed by atoms with Gasteiger partial charge in [-0.15, -0.1) is 0 Å². The summed E-state index contributed by atoms with van der Waals surface area (Å²) >= 11 is 0. The van der Waals surface area contributed by atoms with Crippen molar-refractivity contribution in [1.82, 2.24) is 0 Å². The number of hydrogen-bond donors (Lipinski definition) is 0. The van der Waals surface area contributed by atoms with Crippen molar-refractivity contribution < 1.29 is 0 Å². The highest BCUT2D eigenvalue weighted by atomic mass is 14.4. The molecule has 0 unspecified atom stereocenters. The molecule has 0 aromatic heterocycles. The summed E-state index contributed by atoms with van der Waals surface area (Å²) in [5.41, 5.74) is 5.84. The second-order valence-electron chi connectivity index (χ2n) is 5.88. The Morgan fingerprint density at radius 3 is 1.80 bits per heavy atom. The maximum absolute atomic E-state index is 2.33. The van der Waals surface area contributed by atoms with Crippen LogP contribution in [0.25, 0.3) is 21.9 Å². The molecule has 1 aliphatic carbocycles. The van der Waals surface area contributed by atoms with Gasteiger partial charge in [0.1, 0.15) is 0 Å². The first kappa shape index (κ1) is 21.0. The van der Waals surface area contributed by atoms with Gasteiger partial charge in [0.25, 0.3) is 0 Å². The molecule has 0 heteroatoms. The van der Waals surface area contributed by atoms with Gasteiger partial charge >= 0.3 is 0 Å². The smallest absolute Gasteiger partial charge is 0.0159 e. The minimum absolute atomic E-state index is 0.107. The average Bonchev–Trinajstić information content (AvgIpc) is 2.95. The Balaban J connectivity index is 0.000000475. The molecular weight excluding hydrogens is 300 g/mol. The van der Waals surface area contributed by atoms with Crippen LogP contribution >= 0.6 is 0 Å². The summed E-state index contributed by atoms with van der Waals surface area (Å²) in [6.45, 7) is 16.7. The van der Waals surface area contributed by atoms with Crippen molar-refractivity contribution in [2.45, 2.75) is 60.8 Å². The van der Waals surface area contributed by atoms with Crippen LogP contribution in [-0.2, 0) is 5.41 Å². The Hall–Kier alpha value is -2.08. The molecule has 0 N–H and O–H groups in total. The number of benzene rings is 3. The van der Waals surface area contributed by atoms with E-state index in [0.29, 0.717) is 0 Å². The summed E-state index contributed by atoms with van der Waals surface area (Å²) < 4.78 is 0. The Labute approximate surface area is 154 Å². The standard InChI is InChI=1S/C19H16.3C2H6/c1-19(2)16-10-6-5-9-15(16)18-14-8-4-3-7-13(14)11-12-17(18)19;3*1-2/h3-12H,1-2H3;3*1-2H3. The largest absolute Gasteiger partial charge is 0.0683 e. The summed E-state index contributed by atoms with van der Waals surface area (Å²) in [6, 6.07) is 22.1. The topological polar surface area (TPSA) is 0 Å². The summed E-state index contributed by atoms with van der Waals surface area (Å²) in [7, 11) is 0. The lowest BCUT2D eigenvalue weighted by atomic mass is 9.82. The van der Waals surface area contributed by atoms with Crippen molar-refractivity contribution in [3.63, 3.8) is 0 Å². The van der Waals surface area contributed by atoms with E-state index in [2.05, 4.69) is 74.5 Å². The zero-order chi connectivity index (χ0) is 19.0. The zero-order valence-electron chi connectivity index (χ0n) is 17.3. The average molecular weight is 335 g/mol. The van der Waals surface area contributed by atoms with Crippen LogP contribution in [0.3, 0.4) is 0 Å². The fraction of sp³-hybridized carbons (Fsp3) is 0.360. The second kappa shape index (κ2) is 9.42. The van der Waals surface area contributed by atoms with Crippen molar-refractivity contribution >= 4 is 10.8 Å². The monoisotopic (exact) mass is 334 g/mol. The first-order valence-electron chi connectivity index (χ1n) is 9.82. The first-order chi connectivity index (χ1) is 12.2. The van der Waals surface area contributed by atoms with Gasteiger partial charge in [0.15, 0.2) is 0 Å². The van der Waals surface area contributed by atoms with Gasteiger partial charge in [-0.1, -0.05) is 116 Å². The fourth-order valence-corrected chi connectivity index (χ4v) is 3.47. The Bertz CT molecular complexity index is 794. The normalized spacial score (nSPS) is 12.3. The van der Waals surface area contributed by atoms with E-state index < -0.39 is 0 Å². The molecule has 3 aromatic carbocycles. The quantitative estimate of drug-likeness (QED) is 0.388. The molecule has 25 heavy (non-hydrogen) atoms. The molecule has 0 aliphatic heterocycles. The summed E-state index contributed by atoms with van der Waals surface area (Å²) in [6.07, 6.45) is 0. The van der Waals surface area contributed by atoms with E-state index >= 15 is 0 Å². The van der Waals surface area contributed by atoms with Gasteiger partial charge in [0.05, 0.1) is 0 Å². The van der Waals surface area contributed by atoms with Gasteiger partial charge in [-0.05, 0) is 33.0 Å². The Kier molecular flexibility index (Phi) is 7.90. The second-order valence-corrected chi connectivity index (χ2v) is 5.88. The minimum Gasteiger partial charge on any atom is -0.0683 e. The minimum atomic E-state index is 0.107. The van der Waals surface area contributed by atoms with Crippen molar-refractivity contribution in [3.05, 3.63) is 71.8 Å². The van der Waals surface area contributed by atoms with Gasteiger partial charge in [0, 0.05) is 5.41 Å². The van der Waals surface area contributed by atoms with Gasteiger partial charge in [-0.25, -0.2) is 0 Å². The van der Waals surface area contributed by atoms with Gasteiger partial charge in [-0.3, -0.25) is 0 Å². The van der Waals surface area contributed by atoms with E-state index in [1.54, 1.807) is 0 Å². The van der Waals surface area contributed by atoms with Crippen LogP contribution in [0.1, 0.15) is 66.5 Å². The van der Waals surface area contributed by atoms with Crippen molar-refractivity contribution in [3.8, 4) is 11.1 Å². The molecule has 1 aliphatic rings. The molecule has 0 spiro atoms. The molecule has 0 nitrogen and oxygen atoms in total. The molecule has 0 saturated heterocycles. The van der Waals surface area contributed by atoms with E-state index in [0.717, 1.165) is 0 Å². The van der Waals surface area contributed by atoms with E-state index in [1.165, 1.54) is 33.0 Å². The highest BCUT2D eigenvalue weighted by Gasteiger charge is 2.35. The number of hydrogen-bond acceptors (Lipinski definition) is 0. The summed E-state index contributed by atoms with van der Waals surface area (Å²) in [5, 5.41) is 2.70. The molecule has 0 fully saturated rings. The summed E-state index contributed by atoms with van der Waals surface area (Å²) in [5.74, 6) is 0. The lowest BCUT2D eigenvalue weighted by Crippen LogP contribution is -2.14. The van der Waals surface area contributed by atoms with Crippen LogP contribution in [0, 0.1) is 0 Å². The van der Waals surface area contributed by atoms with Crippen molar-refractivity contribution in [2.24, 2.45) is 0 Å². The molecule has 0 atom stereocenters. The number of rotatable bonds is 0. The predicted octanol–water partition coefficient (Wildman–Crippen LogP) is 8.22.